The molecule has 6 nitrogen and oxygen atoms in total. The van der Waals surface area contributed by atoms with Gasteiger partial charge in [0.25, 0.3) is 0 Å². The fourth-order valence-corrected chi connectivity index (χ4v) is 3.44. The Hall–Kier alpha value is -2.57. The Morgan fingerprint density at radius 1 is 1.14 bits per heavy atom. The number of methoxy groups -OCH3 is 1. The number of hydrogen-bond donors (Lipinski definition) is 0. The summed E-state index contributed by atoms with van der Waals surface area (Å²) in [4.78, 5) is 38.3. The van der Waals surface area contributed by atoms with Gasteiger partial charge in [-0.1, -0.05) is 23.2 Å². The van der Waals surface area contributed by atoms with Gasteiger partial charge in [0.15, 0.2) is 6.61 Å². The number of esters is 1. The molecule has 1 aliphatic rings. The van der Waals surface area contributed by atoms with E-state index in [1.165, 1.54) is 23.1 Å². The molecule has 0 bridgehead atoms. The van der Waals surface area contributed by atoms with Crippen LogP contribution in [0.25, 0.3) is 0 Å². The molecule has 2 aromatic carbocycles. The van der Waals surface area contributed by atoms with Crippen molar-refractivity contribution < 1.29 is 23.9 Å². The number of anilines is 1. The molecular formula is C20H17Cl2NO5. The highest BCUT2D eigenvalue weighted by molar-refractivity contribution is 6.36. The summed E-state index contributed by atoms with van der Waals surface area (Å²) in [5, 5.41) is 0.594. The average molecular weight is 422 g/mol. The number of carbonyl (C=O) groups is 3. The minimum Gasteiger partial charge on any atom is -0.497 e. The molecule has 1 saturated heterocycles. The first kappa shape index (κ1) is 20.2. The maximum atomic E-state index is 12.3. The molecule has 0 saturated carbocycles. The van der Waals surface area contributed by atoms with E-state index in [1.807, 2.05) is 0 Å². The summed E-state index contributed by atoms with van der Waals surface area (Å²) >= 11 is 11.8. The first-order valence-corrected chi connectivity index (χ1v) is 9.24. The van der Waals surface area contributed by atoms with Crippen molar-refractivity contribution in [2.75, 3.05) is 25.2 Å². The van der Waals surface area contributed by atoms with Gasteiger partial charge in [-0.25, -0.2) is 0 Å². The number of carbonyl (C=O) groups excluding carboxylic acids is 3. The molecule has 2 aromatic rings. The van der Waals surface area contributed by atoms with Gasteiger partial charge in [0, 0.05) is 29.2 Å². The number of nitrogens with zero attached hydrogens (tertiary/aromatic N) is 1. The highest BCUT2D eigenvalue weighted by atomic mass is 35.5. The van der Waals surface area contributed by atoms with Crippen LogP contribution in [0.5, 0.6) is 5.75 Å². The molecule has 8 heteroatoms. The van der Waals surface area contributed by atoms with Crippen LogP contribution in [0.2, 0.25) is 10.0 Å². The predicted octanol–water partition coefficient (Wildman–Crippen LogP) is 3.78. The molecule has 0 radical (unpaired) electrons. The van der Waals surface area contributed by atoms with Gasteiger partial charge in [-0.3, -0.25) is 14.4 Å². The second kappa shape index (κ2) is 8.63. The lowest BCUT2D eigenvalue weighted by atomic mass is 10.1. The van der Waals surface area contributed by atoms with Crippen molar-refractivity contribution in [2.45, 2.75) is 6.42 Å². The van der Waals surface area contributed by atoms with Crippen LogP contribution >= 0.6 is 23.2 Å². The number of halogens is 2. The van der Waals surface area contributed by atoms with Crippen LogP contribution in [0.1, 0.15) is 16.8 Å². The number of benzene rings is 2. The second-order valence-electron chi connectivity index (χ2n) is 6.26. The van der Waals surface area contributed by atoms with Gasteiger partial charge in [0.2, 0.25) is 11.7 Å². The van der Waals surface area contributed by atoms with Crippen LogP contribution in [0.4, 0.5) is 5.69 Å². The molecule has 3 rings (SSSR count). The minimum absolute atomic E-state index is 0.0285. The van der Waals surface area contributed by atoms with Crippen LogP contribution in [0.3, 0.4) is 0 Å². The molecule has 1 atom stereocenters. The molecule has 1 heterocycles. The van der Waals surface area contributed by atoms with Crippen molar-refractivity contribution in [3.05, 3.63) is 58.1 Å². The van der Waals surface area contributed by atoms with Gasteiger partial charge in [-0.05, 0) is 42.5 Å². The van der Waals surface area contributed by atoms with E-state index in [0.717, 1.165) is 0 Å². The normalized spacial score (nSPS) is 16.2. The number of amides is 1. The number of ketones is 1. The third kappa shape index (κ3) is 4.46. The van der Waals surface area contributed by atoms with Crippen LogP contribution in [-0.2, 0) is 14.3 Å². The fourth-order valence-electron chi connectivity index (χ4n) is 2.93. The molecule has 146 valence electrons. The van der Waals surface area contributed by atoms with E-state index >= 15 is 0 Å². The van der Waals surface area contributed by atoms with E-state index < -0.39 is 24.3 Å². The molecule has 0 spiro atoms. The average Bonchev–Trinajstić information content (AvgIpc) is 3.07. The van der Waals surface area contributed by atoms with Crippen LogP contribution in [-0.4, -0.2) is 37.9 Å². The van der Waals surface area contributed by atoms with Gasteiger partial charge in [0.1, 0.15) is 5.75 Å². The topological polar surface area (TPSA) is 72.9 Å². The van der Waals surface area contributed by atoms with Gasteiger partial charge < -0.3 is 14.4 Å². The van der Waals surface area contributed by atoms with Crippen LogP contribution in [0.15, 0.2) is 42.5 Å². The number of Topliss-reactive ketones (excluding diaryl/α,β-unsaturated/α-hetero) is 1. The Morgan fingerprint density at radius 2 is 1.86 bits per heavy atom. The Labute approximate surface area is 171 Å². The molecule has 0 aliphatic carbocycles. The lowest BCUT2D eigenvalue weighted by Crippen LogP contribution is -2.27. The molecule has 1 amide bonds. The highest BCUT2D eigenvalue weighted by Gasteiger charge is 2.36. The van der Waals surface area contributed by atoms with Gasteiger partial charge in [0.05, 0.1) is 18.1 Å². The van der Waals surface area contributed by atoms with Crippen molar-refractivity contribution in [3.63, 3.8) is 0 Å². The van der Waals surface area contributed by atoms with Crippen molar-refractivity contribution in [1.82, 2.24) is 0 Å². The zero-order valence-corrected chi connectivity index (χ0v) is 16.5. The number of hydrogen-bond acceptors (Lipinski definition) is 5. The largest absolute Gasteiger partial charge is 0.497 e. The lowest BCUT2D eigenvalue weighted by molar-refractivity contribution is -0.147. The quantitative estimate of drug-likeness (QED) is 0.524. The van der Waals surface area contributed by atoms with Gasteiger partial charge >= 0.3 is 5.97 Å². The minimum atomic E-state index is -0.636. The van der Waals surface area contributed by atoms with Gasteiger partial charge in [-0.15, -0.1) is 0 Å². The molecule has 1 fully saturated rings. The molecule has 1 aliphatic heterocycles. The van der Waals surface area contributed by atoms with E-state index in [-0.39, 0.29) is 29.5 Å². The van der Waals surface area contributed by atoms with Crippen molar-refractivity contribution in [3.8, 4) is 5.75 Å². The first-order valence-electron chi connectivity index (χ1n) is 8.48. The molecule has 28 heavy (non-hydrogen) atoms. The Morgan fingerprint density at radius 3 is 2.50 bits per heavy atom. The summed E-state index contributed by atoms with van der Waals surface area (Å²) in [7, 11) is 1.56. The summed E-state index contributed by atoms with van der Waals surface area (Å²) in [6.07, 6.45) is 0.0285. The third-order valence-electron chi connectivity index (χ3n) is 4.42. The third-order valence-corrected chi connectivity index (χ3v) is 4.97. The number of rotatable bonds is 6. The summed E-state index contributed by atoms with van der Waals surface area (Å²) in [5.74, 6) is -1.18. The predicted molar refractivity (Wildman–Crippen MR) is 105 cm³/mol. The van der Waals surface area contributed by atoms with Crippen molar-refractivity contribution in [2.24, 2.45) is 5.92 Å². The lowest BCUT2D eigenvalue weighted by Gasteiger charge is -2.16. The van der Waals surface area contributed by atoms with Crippen molar-refractivity contribution in [1.29, 1.82) is 0 Å². The molecule has 0 N–H and O–H groups in total. The second-order valence-corrected chi connectivity index (χ2v) is 7.10. The smallest absolute Gasteiger partial charge is 0.311 e. The Kier molecular flexibility index (Phi) is 6.21. The zero-order valence-electron chi connectivity index (χ0n) is 15.0. The van der Waals surface area contributed by atoms with E-state index in [1.54, 1.807) is 31.4 Å². The maximum absolute atomic E-state index is 12.3. The first-order chi connectivity index (χ1) is 13.4. The Bertz CT molecular complexity index is 913. The SMILES string of the molecule is COc1ccc(N2C[C@H](C(=O)OCC(=O)c3ccc(Cl)cc3Cl)CC2=O)cc1. The van der Waals surface area contributed by atoms with Crippen LogP contribution in [0, 0.1) is 5.92 Å². The molecule has 0 aromatic heterocycles. The number of ether oxygens (including phenoxy) is 2. The summed E-state index contributed by atoms with van der Waals surface area (Å²) < 4.78 is 10.2. The van der Waals surface area contributed by atoms with Crippen molar-refractivity contribution >= 4 is 46.5 Å². The monoisotopic (exact) mass is 421 g/mol. The Balaban J connectivity index is 1.59. The zero-order chi connectivity index (χ0) is 20.3. The fraction of sp³-hybridized carbons (Fsp3) is 0.250. The maximum Gasteiger partial charge on any atom is 0.311 e. The highest BCUT2D eigenvalue weighted by Crippen LogP contribution is 2.27. The van der Waals surface area contributed by atoms with E-state index in [0.29, 0.717) is 16.5 Å². The van der Waals surface area contributed by atoms with Crippen LogP contribution < -0.4 is 9.64 Å². The standard InChI is InChI=1S/C20H17Cl2NO5/c1-27-15-5-3-14(4-6-15)23-10-12(8-19(23)25)20(26)28-11-18(24)16-7-2-13(21)9-17(16)22/h2-7,9,12H,8,10-11H2,1H3/t12-/m1/s1. The summed E-state index contributed by atoms with van der Waals surface area (Å²) in [6, 6.07) is 11.4. The van der Waals surface area contributed by atoms with E-state index in [4.69, 9.17) is 32.7 Å². The van der Waals surface area contributed by atoms with E-state index in [9.17, 15) is 14.4 Å². The molecule has 0 unspecified atom stereocenters. The van der Waals surface area contributed by atoms with E-state index in [2.05, 4.69) is 0 Å². The molecular weight excluding hydrogens is 405 g/mol. The summed E-state index contributed by atoms with van der Waals surface area (Å²) in [6.45, 7) is -0.257. The summed E-state index contributed by atoms with van der Waals surface area (Å²) in [5.41, 5.74) is 0.895. The van der Waals surface area contributed by atoms with Gasteiger partial charge in [-0.2, -0.15) is 0 Å².